The van der Waals surface area contributed by atoms with Crippen LogP contribution in [-0.4, -0.2) is 30.8 Å². The molecular formula is C18H13Cl2F3N4O3S2. The second-order valence-corrected chi connectivity index (χ2v) is 9.54. The highest BCUT2D eigenvalue weighted by molar-refractivity contribution is 7.92. The molecule has 32 heavy (non-hydrogen) atoms. The van der Waals surface area contributed by atoms with E-state index >= 15 is 0 Å². The van der Waals surface area contributed by atoms with Gasteiger partial charge in [-0.2, -0.15) is 13.2 Å². The number of anilines is 1. The smallest absolute Gasteiger partial charge is 0.351 e. The van der Waals surface area contributed by atoms with Gasteiger partial charge in [0.05, 0.1) is 31.8 Å². The molecule has 0 saturated heterocycles. The Morgan fingerprint density at radius 3 is 2.50 bits per heavy atom. The molecule has 14 heteroatoms. The number of aromatic nitrogens is 2. The summed E-state index contributed by atoms with van der Waals surface area (Å²) in [6, 6.07) is 2.13. The van der Waals surface area contributed by atoms with E-state index in [4.69, 9.17) is 23.2 Å². The van der Waals surface area contributed by atoms with Crippen LogP contribution in [0, 0.1) is 0 Å². The van der Waals surface area contributed by atoms with Gasteiger partial charge in [0.25, 0.3) is 15.9 Å². The van der Waals surface area contributed by atoms with E-state index in [1.54, 1.807) is 12.3 Å². The molecule has 1 amide bonds. The predicted octanol–water partition coefficient (Wildman–Crippen LogP) is 5.08. The first-order valence-electron chi connectivity index (χ1n) is 8.71. The summed E-state index contributed by atoms with van der Waals surface area (Å²) in [6.07, 6.45) is -2.28. The van der Waals surface area contributed by atoms with Crippen molar-refractivity contribution in [1.29, 1.82) is 0 Å². The minimum absolute atomic E-state index is 0.0159. The SMILES string of the molecule is CCNC(=O)c1ncc(Cl)c(-c2nccs2)c1NS(=O)(=O)c1ccc(Cl)c(C(F)(F)F)c1. The Hall–Kier alpha value is -2.41. The lowest BCUT2D eigenvalue weighted by atomic mass is 10.1. The van der Waals surface area contributed by atoms with Crippen molar-refractivity contribution in [2.45, 2.75) is 18.0 Å². The normalized spacial score (nSPS) is 11.9. The van der Waals surface area contributed by atoms with Crippen LogP contribution >= 0.6 is 34.5 Å². The molecule has 3 aromatic rings. The first kappa shape index (κ1) is 24.2. The Balaban J connectivity index is 2.19. The lowest BCUT2D eigenvalue weighted by molar-refractivity contribution is -0.137. The highest BCUT2D eigenvalue weighted by Gasteiger charge is 2.35. The lowest BCUT2D eigenvalue weighted by Crippen LogP contribution is -2.26. The fourth-order valence-electron chi connectivity index (χ4n) is 2.64. The standard InChI is InChI=1S/C18H13Cl2F3N4O3S2/c1-2-24-16(28)15-14(13(12(20)8-26-15)17-25-5-6-31-17)27-32(29,30)9-3-4-11(19)10(7-9)18(21,22)23/h3-8,27H,2H2,1H3,(H,24,28). The molecule has 2 aromatic heterocycles. The maximum atomic E-state index is 13.2. The van der Waals surface area contributed by atoms with Gasteiger partial charge in [0, 0.05) is 24.3 Å². The molecule has 0 unspecified atom stereocenters. The van der Waals surface area contributed by atoms with Crippen LogP contribution in [0.2, 0.25) is 10.0 Å². The van der Waals surface area contributed by atoms with Gasteiger partial charge in [-0.3, -0.25) is 9.52 Å². The number of sulfonamides is 1. The Morgan fingerprint density at radius 1 is 1.19 bits per heavy atom. The summed E-state index contributed by atoms with van der Waals surface area (Å²) in [5.41, 5.74) is -1.90. The molecule has 2 N–H and O–H groups in total. The van der Waals surface area contributed by atoms with E-state index in [-0.39, 0.29) is 33.5 Å². The minimum Gasteiger partial charge on any atom is -0.351 e. The number of carbonyl (C=O) groups excluding carboxylic acids is 1. The zero-order chi connectivity index (χ0) is 23.7. The van der Waals surface area contributed by atoms with Crippen LogP contribution in [0.3, 0.4) is 0 Å². The average molecular weight is 525 g/mol. The zero-order valence-electron chi connectivity index (χ0n) is 16.0. The lowest BCUT2D eigenvalue weighted by Gasteiger charge is -2.17. The number of benzene rings is 1. The van der Waals surface area contributed by atoms with Crippen LogP contribution in [0.5, 0.6) is 0 Å². The number of nitrogens with zero attached hydrogens (tertiary/aromatic N) is 2. The number of nitrogens with one attached hydrogen (secondary N) is 2. The molecule has 0 aliphatic heterocycles. The highest BCUT2D eigenvalue weighted by atomic mass is 35.5. The summed E-state index contributed by atoms with van der Waals surface area (Å²) in [6.45, 7) is 1.86. The van der Waals surface area contributed by atoms with E-state index in [0.717, 1.165) is 29.7 Å². The maximum absolute atomic E-state index is 13.2. The second kappa shape index (κ2) is 9.22. The number of pyridine rings is 1. The van der Waals surface area contributed by atoms with Crippen LogP contribution in [0.1, 0.15) is 23.0 Å². The van der Waals surface area contributed by atoms with Crippen molar-refractivity contribution in [3.63, 3.8) is 0 Å². The van der Waals surface area contributed by atoms with E-state index < -0.39 is 37.6 Å². The highest BCUT2D eigenvalue weighted by Crippen LogP contribution is 2.40. The van der Waals surface area contributed by atoms with Gasteiger partial charge in [0.1, 0.15) is 5.01 Å². The average Bonchev–Trinajstić information content (AvgIpc) is 3.21. The third kappa shape index (κ3) is 4.98. The Morgan fingerprint density at radius 2 is 1.91 bits per heavy atom. The summed E-state index contributed by atoms with van der Waals surface area (Å²) >= 11 is 12.9. The number of amides is 1. The molecule has 0 spiro atoms. The molecule has 0 bridgehead atoms. The van der Waals surface area contributed by atoms with Crippen molar-refractivity contribution in [2.24, 2.45) is 0 Å². The zero-order valence-corrected chi connectivity index (χ0v) is 19.1. The summed E-state index contributed by atoms with van der Waals surface area (Å²) < 4.78 is 67.8. The van der Waals surface area contributed by atoms with Crippen molar-refractivity contribution in [1.82, 2.24) is 15.3 Å². The molecule has 3 rings (SSSR count). The van der Waals surface area contributed by atoms with Crippen LogP contribution in [0.25, 0.3) is 10.6 Å². The molecule has 7 nitrogen and oxygen atoms in total. The van der Waals surface area contributed by atoms with Gasteiger partial charge in [0.2, 0.25) is 0 Å². The molecule has 170 valence electrons. The number of hydrogen-bond acceptors (Lipinski definition) is 6. The summed E-state index contributed by atoms with van der Waals surface area (Å²) in [7, 11) is -4.62. The van der Waals surface area contributed by atoms with E-state index in [2.05, 4.69) is 20.0 Å². The van der Waals surface area contributed by atoms with Crippen molar-refractivity contribution >= 4 is 56.2 Å². The molecule has 0 saturated carbocycles. The largest absolute Gasteiger partial charge is 0.417 e. The second-order valence-electron chi connectivity index (χ2n) is 6.15. The van der Waals surface area contributed by atoms with E-state index in [1.807, 2.05) is 0 Å². The quantitative estimate of drug-likeness (QED) is 0.468. The first-order chi connectivity index (χ1) is 15.0. The number of thiazole rings is 1. The fourth-order valence-corrected chi connectivity index (χ4v) is 4.96. The van der Waals surface area contributed by atoms with Crippen molar-refractivity contribution in [3.8, 4) is 10.6 Å². The first-order valence-corrected chi connectivity index (χ1v) is 11.8. The fraction of sp³-hybridized carbons (Fsp3) is 0.167. The molecule has 0 fully saturated rings. The Bertz CT molecular complexity index is 1270. The molecule has 0 aliphatic rings. The van der Waals surface area contributed by atoms with Gasteiger partial charge in [0.15, 0.2) is 5.69 Å². The third-order valence-electron chi connectivity index (χ3n) is 4.02. The molecule has 1 aromatic carbocycles. The monoisotopic (exact) mass is 524 g/mol. The predicted molar refractivity (Wildman–Crippen MR) is 116 cm³/mol. The Kier molecular flexibility index (Phi) is 6.98. The van der Waals surface area contributed by atoms with Crippen molar-refractivity contribution < 1.29 is 26.4 Å². The number of carbonyl (C=O) groups is 1. The Labute approximate surface area is 194 Å². The number of rotatable bonds is 6. The topological polar surface area (TPSA) is 101 Å². The van der Waals surface area contributed by atoms with Gasteiger partial charge in [-0.15, -0.1) is 11.3 Å². The summed E-state index contributed by atoms with van der Waals surface area (Å²) in [4.78, 5) is 19.8. The van der Waals surface area contributed by atoms with Gasteiger partial charge in [-0.05, 0) is 25.1 Å². The van der Waals surface area contributed by atoms with E-state index in [1.165, 1.54) is 6.20 Å². The summed E-state index contributed by atoms with van der Waals surface area (Å²) in [5, 5.41) is 3.69. The molecule has 0 aliphatic carbocycles. The van der Waals surface area contributed by atoms with Crippen LogP contribution in [0.15, 0.2) is 40.9 Å². The van der Waals surface area contributed by atoms with Crippen LogP contribution in [-0.2, 0) is 16.2 Å². The summed E-state index contributed by atoms with van der Waals surface area (Å²) in [5.74, 6) is -0.716. The van der Waals surface area contributed by atoms with Crippen LogP contribution < -0.4 is 10.0 Å². The van der Waals surface area contributed by atoms with E-state index in [9.17, 15) is 26.4 Å². The van der Waals surface area contributed by atoms with Crippen molar-refractivity contribution in [3.05, 3.63) is 57.3 Å². The molecule has 2 heterocycles. The van der Waals surface area contributed by atoms with Gasteiger partial charge >= 0.3 is 6.18 Å². The minimum atomic E-state index is -4.88. The van der Waals surface area contributed by atoms with Gasteiger partial charge in [-0.1, -0.05) is 23.2 Å². The number of halogens is 5. The van der Waals surface area contributed by atoms with Crippen molar-refractivity contribution in [2.75, 3.05) is 11.3 Å². The number of hydrogen-bond donors (Lipinski definition) is 2. The van der Waals surface area contributed by atoms with E-state index in [0.29, 0.717) is 6.07 Å². The number of alkyl halides is 3. The third-order valence-corrected chi connectivity index (χ3v) is 6.78. The maximum Gasteiger partial charge on any atom is 0.417 e. The van der Waals surface area contributed by atoms with Gasteiger partial charge in [-0.25, -0.2) is 18.4 Å². The van der Waals surface area contributed by atoms with Crippen LogP contribution in [0.4, 0.5) is 18.9 Å². The molecular weight excluding hydrogens is 512 g/mol. The van der Waals surface area contributed by atoms with Gasteiger partial charge < -0.3 is 5.32 Å². The molecule has 0 radical (unpaired) electrons. The molecule has 0 atom stereocenters.